The number of benzene rings is 1. The Hall–Kier alpha value is -1.47. The van der Waals surface area contributed by atoms with E-state index in [2.05, 4.69) is 39.8 Å². The molecular formula is C26H40O6. The first-order valence-corrected chi connectivity index (χ1v) is 11.9. The van der Waals surface area contributed by atoms with Crippen LogP contribution in [0.4, 0.5) is 0 Å². The maximum absolute atomic E-state index is 11.7. The lowest BCUT2D eigenvalue weighted by atomic mass is 9.79. The van der Waals surface area contributed by atoms with Gasteiger partial charge in [0.2, 0.25) is 0 Å². The number of rotatable bonds is 7. The first kappa shape index (κ1) is 25.2. The maximum atomic E-state index is 11.7. The van der Waals surface area contributed by atoms with Crippen molar-refractivity contribution < 1.29 is 28.5 Å². The highest BCUT2D eigenvalue weighted by Gasteiger charge is 2.47. The second-order valence-electron chi connectivity index (χ2n) is 9.70. The quantitative estimate of drug-likeness (QED) is 0.568. The average molecular weight is 449 g/mol. The number of carbonyl (C=O) groups excluding carboxylic acids is 1. The van der Waals surface area contributed by atoms with Gasteiger partial charge in [0.15, 0.2) is 12.4 Å². The standard InChI is InChI=1S/C26H40O6/c1-15-16(2)23(14-28-13-22-11-9-8-10-12-22)31-26(17(15)3)32-24-18(4)19(5)29-20(6)25(24)30-21(7)27/h8-12,15-20,23-26H,13-14H2,1-7H3/t15?,16-,17?,18-,19?,20-,23-,24-,25?,26+/m0/s1. The van der Waals surface area contributed by atoms with Crippen molar-refractivity contribution in [3.8, 4) is 0 Å². The second kappa shape index (κ2) is 11.1. The van der Waals surface area contributed by atoms with Crippen LogP contribution >= 0.6 is 0 Å². The molecule has 4 unspecified atom stereocenters. The summed E-state index contributed by atoms with van der Waals surface area (Å²) in [5.74, 6) is 0.682. The molecule has 180 valence electrons. The number of carbonyl (C=O) groups is 1. The molecule has 3 rings (SSSR count). The van der Waals surface area contributed by atoms with Gasteiger partial charge >= 0.3 is 5.97 Å². The van der Waals surface area contributed by atoms with Gasteiger partial charge in [0.25, 0.3) is 0 Å². The summed E-state index contributed by atoms with van der Waals surface area (Å²) in [6.07, 6.45) is -1.45. The van der Waals surface area contributed by atoms with Crippen LogP contribution in [0.25, 0.3) is 0 Å². The lowest BCUT2D eigenvalue weighted by Crippen LogP contribution is -2.57. The zero-order valence-corrected chi connectivity index (χ0v) is 20.5. The predicted octanol–water partition coefficient (Wildman–Crippen LogP) is 4.60. The van der Waals surface area contributed by atoms with Crippen molar-refractivity contribution in [2.24, 2.45) is 23.7 Å². The van der Waals surface area contributed by atoms with E-state index in [-0.39, 0.29) is 42.2 Å². The van der Waals surface area contributed by atoms with Gasteiger partial charge in [-0.15, -0.1) is 0 Å². The van der Waals surface area contributed by atoms with E-state index >= 15 is 0 Å². The topological polar surface area (TPSA) is 63.2 Å². The van der Waals surface area contributed by atoms with Crippen LogP contribution in [0.15, 0.2) is 30.3 Å². The van der Waals surface area contributed by atoms with E-state index in [0.717, 1.165) is 5.56 Å². The Morgan fingerprint density at radius 1 is 0.844 bits per heavy atom. The minimum Gasteiger partial charge on any atom is -0.457 e. The highest BCUT2D eigenvalue weighted by atomic mass is 16.7. The molecule has 32 heavy (non-hydrogen) atoms. The Balaban J connectivity index is 1.68. The molecular weight excluding hydrogens is 408 g/mol. The molecule has 0 bridgehead atoms. The molecule has 2 fully saturated rings. The monoisotopic (exact) mass is 448 g/mol. The Bertz CT molecular complexity index is 724. The molecule has 6 heteroatoms. The van der Waals surface area contributed by atoms with Gasteiger partial charge in [-0.05, 0) is 31.2 Å². The fraction of sp³-hybridized carbons (Fsp3) is 0.731. The first-order chi connectivity index (χ1) is 15.2. The SMILES string of the molecule is CC(=O)OC1[C@H](C)OC(C)[C@H](C)[C@@H]1O[C@H]1O[C@@H](COCc2ccccc2)[C@@H](C)C(C)C1C. The molecule has 0 amide bonds. The zero-order valence-electron chi connectivity index (χ0n) is 20.5. The molecule has 0 aliphatic carbocycles. The van der Waals surface area contributed by atoms with Crippen LogP contribution in [0.2, 0.25) is 0 Å². The molecule has 2 aliphatic heterocycles. The molecule has 10 atom stereocenters. The van der Waals surface area contributed by atoms with E-state index in [4.69, 9.17) is 23.7 Å². The molecule has 0 aromatic heterocycles. The van der Waals surface area contributed by atoms with Gasteiger partial charge in [0.1, 0.15) is 6.10 Å². The summed E-state index contributed by atoms with van der Waals surface area (Å²) < 4.78 is 30.7. The fourth-order valence-electron chi connectivity index (χ4n) is 4.78. The normalized spacial score (nSPS) is 40.1. The van der Waals surface area contributed by atoms with Gasteiger partial charge in [-0.2, -0.15) is 0 Å². The van der Waals surface area contributed by atoms with E-state index in [9.17, 15) is 4.79 Å². The molecule has 0 N–H and O–H groups in total. The van der Waals surface area contributed by atoms with Gasteiger partial charge in [0.05, 0.1) is 31.5 Å². The van der Waals surface area contributed by atoms with Crippen LogP contribution in [0, 0.1) is 23.7 Å². The fourth-order valence-corrected chi connectivity index (χ4v) is 4.78. The summed E-state index contributed by atoms with van der Waals surface area (Å²) in [4.78, 5) is 11.7. The van der Waals surface area contributed by atoms with E-state index < -0.39 is 12.4 Å². The van der Waals surface area contributed by atoms with Crippen LogP contribution in [-0.4, -0.2) is 49.4 Å². The van der Waals surface area contributed by atoms with E-state index in [1.807, 2.05) is 32.0 Å². The largest absolute Gasteiger partial charge is 0.457 e. The summed E-state index contributed by atoms with van der Waals surface area (Å²) in [5, 5.41) is 0. The third-order valence-corrected chi connectivity index (χ3v) is 7.44. The van der Waals surface area contributed by atoms with Crippen LogP contribution in [-0.2, 0) is 35.1 Å². The highest BCUT2D eigenvalue weighted by molar-refractivity contribution is 5.66. The molecule has 1 aromatic carbocycles. The predicted molar refractivity (Wildman–Crippen MR) is 122 cm³/mol. The molecule has 0 saturated carbocycles. The van der Waals surface area contributed by atoms with Crippen molar-refractivity contribution in [2.75, 3.05) is 6.61 Å². The summed E-state index contributed by atoms with van der Waals surface area (Å²) in [6, 6.07) is 10.2. The van der Waals surface area contributed by atoms with E-state index in [1.54, 1.807) is 0 Å². The second-order valence-corrected chi connectivity index (χ2v) is 9.70. The Kier molecular flexibility index (Phi) is 8.73. The summed E-state index contributed by atoms with van der Waals surface area (Å²) >= 11 is 0. The molecule has 2 saturated heterocycles. The third-order valence-electron chi connectivity index (χ3n) is 7.44. The van der Waals surface area contributed by atoms with Crippen molar-refractivity contribution in [3.63, 3.8) is 0 Å². The maximum Gasteiger partial charge on any atom is 0.303 e. The van der Waals surface area contributed by atoms with Crippen molar-refractivity contribution in [1.29, 1.82) is 0 Å². The number of esters is 1. The van der Waals surface area contributed by atoms with Gasteiger partial charge in [-0.1, -0.05) is 58.0 Å². The number of hydrogen-bond donors (Lipinski definition) is 0. The van der Waals surface area contributed by atoms with Crippen LogP contribution in [0.1, 0.15) is 54.0 Å². The van der Waals surface area contributed by atoms with Crippen molar-refractivity contribution >= 4 is 5.97 Å². The zero-order chi connectivity index (χ0) is 23.4. The smallest absolute Gasteiger partial charge is 0.303 e. The van der Waals surface area contributed by atoms with Crippen LogP contribution in [0.5, 0.6) is 0 Å². The van der Waals surface area contributed by atoms with Crippen molar-refractivity contribution in [3.05, 3.63) is 35.9 Å². The first-order valence-electron chi connectivity index (χ1n) is 11.9. The number of ether oxygens (including phenoxy) is 5. The van der Waals surface area contributed by atoms with E-state index in [1.165, 1.54) is 6.92 Å². The third kappa shape index (κ3) is 5.90. The lowest BCUT2D eigenvalue weighted by Gasteiger charge is -2.48. The van der Waals surface area contributed by atoms with Gasteiger partial charge in [-0.3, -0.25) is 4.79 Å². The van der Waals surface area contributed by atoms with Crippen molar-refractivity contribution in [1.82, 2.24) is 0 Å². The molecule has 2 heterocycles. The summed E-state index contributed by atoms with van der Waals surface area (Å²) in [6.45, 7) is 15.2. The Labute approximate surface area is 192 Å². The van der Waals surface area contributed by atoms with Crippen LogP contribution < -0.4 is 0 Å². The highest BCUT2D eigenvalue weighted by Crippen LogP contribution is 2.39. The van der Waals surface area contributed by atoms with Crippen molar-refractivity contribution in [2.45, 2.75) is 91.9 Å². The molecule has 2 aliphatic rings. The Morgan fingerprint density at radius 3 is 2.19 bits per heavy atom. The Morgan fingerprint density at radius 2 is 1.53 bits per heavy atom. The minimum atomic E-state index is -0.461. The summed E-state index contributed by atoms with van der Waals surface area (Å²) in [7, 11) is 0. The van der Waals surface area contributed by atoms with Crippen LogP contribution in [0.3, 0.4) is 0 Å². The number of hydrogen-bond acceptors (Lipinski definition) is 6. The molecule has 6 nitrogen and oxygen atoms in total. The van der Waals surface area contributed by atoms with Gasteiger partial charge in [-0.25, -0.2) is 0 Å². The van der Waals surface area contributed by atoms with Gasteiger partial charge in [0, 0.05) is 18.8 Å². The molecule has 0 radical (unpaired) electrons. The molecule has 1 aromatic rings. The van der Waals surface area contributed by atoms with Gasteiger partial charge < -0.3 is 23.7 Å². The molecule has 0 spiro atoms. The average Bonchev–Trinajstić information content (AvgIpc) is 2.76. The minimum absolute atomic E-state index is 0.00190. The van der Waals surface area contributed by atoms with E-state index in [0.29, 0.717) is 25.0 Å². The lowest BCUT2D eigenvalue weighted by molar-refractivity contribution is -0.308. The summed E-state index contributed by atoms with van der Waals surface area (Å²) in [5.41, 5.74) is 1.15.